The Balaban J connectivity index is 0.00000208. The van der Waals surface area contributed by atoms with Crippen LogP contribution in [-0.2, 0) is 0 Å². The van der Waals surface area contributed by atoms with E-state index in [2.05, 4.69) is 9.98 Å². The van der Waals surface area contributed by atoms with Crippen LogP contribution in [0.3, 0.4) is 0 Å². The molecule has 3 rings (SSSR count). The highest BCUT2D eigenvalue weighted by molar-refractivity contribution is 8.93. The van der Waals surface area contributed by atoms with Gasteiger partial charge in [-0.15, -0.1) is 17.0 Å². The van der Waals surface area contributed by atoms with Crippen LogP contribution in [0, 0.1) is 0 Å². The summed E-state index contributed by atoms with van der Waals surface area (Å²) in [6.45, 7) is 0.368. The molecular formula is C17H18BrN3O2S. The van der Waals surface area contributed by atoms with Gasteiger partial charge >= 0.3 is 0 Å². The van der Waals surface area contributed by atoms with Crippen molar-refractivity contribution in [3.8, 4) is 22.8 Å². The molecule has 3 aromatic rings. The van der Waals surface area contributed by atoms with Gasteiger partial charge in [0.05, 0.1) is 25.9 Å². The third-order valence-corrected chi connectivity index (χ3v) is 4.20. The SMILES string of the molecule is Br.COc1ccc(-n2s/c(=N\CCO)nc2-c2ccccc2)cc1. The lowest BCUT2D eigenvalue weighted by Crippen LogP contribution is -2.01. The Kier molecular flexibility index (Phi) is 6.72. The number of ether oxygens (including phenoxy) is 1. The molecule has 7 heteroatoms. The zero-order chi connectivity index (χ0) is 16.1. The molecule has 0 unspecified atom stereocenters. The minimum atomic E-state index is 0. The van der Waals surface area contributed by atoms with Gasteiger partial charge in [-0.3, -0.25) is 4.99 Å². The number of nitrogens with zero attached hydrogens (tertiary/aromatic N) is 3. The highest BCUT2D eigenvalue weighted by Gasteiger charge is 2.10. The van der Waals surface area contributed by atoms with Gasteiger partial charge in [-0.2, -0.15) is 4.98 Å². The maximum absolute atomic E-state index is 8.96. The fourth-order valence-corrected chi connectivity index (χ4v) is 3.05. The molecule has 126 valence electrons. The maximum Gasteiger partial charge on any atom is 0.223 e. The molecule has 0 saturated carbocycles. The van der Waals surface area contributed by atoms with Crippen molar-refractivity contribution in [3.63, 3.8) is 0 Å². The summed E-state index contributed by atoms with van der Waals surface area (Å²) in [6.07, 6.45) is 0. The molecule has 24 heavy (non-hydrogen) atoms. The zero-order valence-corrected chi connectivity index (χ0v) is 15.7. The second-order valence-electron chi connectivity index (χ2n) is 4.77. The molecule has 0 saturated heterocycles. The lowest BCUT2D eigenvalue weighted by atomic mass is 10.2. The van der Waals surface area contributed by atoms with E-state index in [1.807, 2.05) is 58.6 Å². The Morgan fingerprint density at radius 3 is 2.46 bits per heavy atom. The standard InChI is InChI=1S/C17H17N3O2S.BrH/c1-22-15-9-7-14(8-10-15)20-16(13-5-3-2-4-6-13)19-17(23-20)18-11-12-21;/h2-10,21H,11-12H2,1H3;1H/b18-17-;. The molecule has 0 radical (unpaired) electrons. The van der Waals surface area contributed by atoms with Crippen molar-refractivity contribution in [2.24, 2.45) is 4.99 Å². The Morgan fingerprint density at radius 2 is 1.83 bits per heavy atom. The molecule has 0 aliphatic heterocycles. The van der Waals surface area contributed by atoms with Crippen molar-refractivity contribution >= 4 is 28.5 Å². The second kappa shape index (κ2) is 8.77. The van der Waals surface area contributed by atoms with E-state index < -0.39 is 0 Å². The van der Waals surface area contributed by atoms with Gasteiger partial charge in [0.2, 0.25) is 4.80 Å². The fraction of sp³-hybridized carbons (Fsp3) is 0.176. The van der Waals surface area contributed by atoms with E-state index in [0.717, 1.165) is 22.8 Å². The highest BCUT2D eigenvalue weighted by atomic mass is 79.9. The van der Waals surface area contributed by atoms with Crippen LogP contribution in [-0.4, -0.2) is 34.3 Å². The van der Waals surface area contributed by atoms with Crippen LogP contribution in [0.25, 0.3) is 17.1 Å². The van der Waals surface area contributed by atoms with Gasteiger partial charge in [-0.25, -0.2) is 3.96 Å². The third-order valence-electron chi connectivity index (χ3n) is 3.25. The van der Waals surface area contributed by atoms with Crippen LogP contribution in [0.1, 0.15) is 0 Å². The molecule has 5 nitrogen and oxygen atoms in total. The van der Waals surface area contributed by atoms with Crippen LogP contribution >= 0.6 is 28.5 Å². The summed E-state index contributed by atoms with van der Waals surface area (Å²) < 4.78 is 7.24. The van der Waals surface area contributed by atoms with Crippen molar-refractivity contribution in [1.82, 2.24) is 8.94 Å². The number of hydrogen-bond donors (Lipinski definition) is 1. The fourth-order valence-electron chi connectivity index (χ4n) is 2.15. The molecule has 0 bridgehead atoms. The number of aliphatic hydroxyl groups excluding tert-OH is 1. The quantitative estimate of drug-likeness (QED) is 0.706. The minimum absolute atomic E-state index is 0. The Labute approximate surface area is 154 Å². The van der Waals surface area contributed by atoms with Crippen LogP contribution in [0.15, 0.2) is 59.6 Å². The first-order valence-electron chi connectivity index (χ1n) is 7.23. The van der Waals surface area contributed by atoms with E-state index in [4.69, 9.17) is 9.84 Å². The van der Waals surface area contributed by atoms with Gasteiger partial charge in [-0.1, -0.05) is 30.3 Å². The maximum atomic E-state index is 8.96. The summed E-state index contributed by atoms with van der Waals surface area (Å²) >= 11 is 1.45. The minimum Gasteiger partial charge on any atom is -0.497 e. The Bertz CT molecular complexity index is 829. The van der Waals surface area contributed by atoms with E-state index in [9.17, 15) is 0 Å². The summed E-state index contributed by atoms with van der Waals surface area (Å²) in [5.74, 6) is 1.64. The first kappa shape index (κ1) is 18.4. The predicted octanol–water partition coefficient (Wildman–Crippen LogP) is 3.08. The summed E-state index contributed by atoms with van der Waals surface area (Å²) in [7, 11) is 1.65. The molecule has 0 fully saturated rings. The van der Waals surface area contributed by atoms with E-state index in [1.165, 1.54) is 11.5 Å². The number of hydrogen-bond acceptors (Lipinski definition) is 5. The van der Waals surface area contributed by atoms with Crippen molar-refractivity contribution in [2.75, 3.05) is 20.3 Å². The number of aliphatic hydroxyl groups is 1. The lowest BCUT2D eigenvalue weighted by molar-refractivity contribution is 0.305. The molecular weight excluding hydrogens is 390 g/mol. The monoisotopic (exact) mass is 407 g/mol. The van der Waals surface area contributed by atoms with Gasteiger partial charge in [0.25, 0.3) is 0 Å². The molecule has 2 aromatic carbocycles. The average molecular weight is 408 g/mol. The lowest BCUT2D eigenvalue weighted by Gasteiger charge is -2.07. The number of rotatable bonds is 5. The summed E-state index contributed by atoms with van der Waals surface area (Å²) in [6, 6.07) is 17.8. The first-order chi connectivity index (χ1) is 11.3. The summed E-state index contributed by atoms with van der Waals surface area (Å²) in [5, 5.41) is 8.96. The largest absolute Gasteiger partial charge is 0.497 e. The Morgan fingerprint density at radius 1 is 1.12 bits per heavy atom. The zero-order valence-electron chi connectivity index (χ0n) is 13.1. The molecule has 0 atom stereocenters. The molecule has 0 aliphatic carbocycles. The van der Waals surface area contributed by atoms with E-state index in [-0.39, 0.29) is 23.6 Å². The van der Waals surface area contributed by atoms with Gasteiger partial charge in [0, 0.05) is 5.56 Å². The molecule has 0 amide bonds. The van der Waals surface area contributed by atoms with Crippen molar-refractivity contribution in [1.29, 1.82) is 0 Å². The van der Waals surface area contributed by atoms with Crippen molar-refractivity contribution in [2.45, 2.75) is 0 Å². The van der Waals surface area contributed by atoms with E-state index in [1.54, 1.807) is 7.11 Å². The Hall–Kier alpha value is -1.96. The molecule has 1 heterocycles. The average Bonchev–Trinajstić information content (AvgIpc) is 3.05. The molecule has 0 aliphatic rings. The molecule has 0 spiro atoms. The first-order valence-corrected chi connectivity index (χ1v) is 8.01. The number of benzene rings is 2. The highest BCUT2D eigenvalue weighted by Crippen LogP contribution is 2.23. The number of methoxy groups -OCH3 is 1. The van der Waals surface area contributed by atoms with Crippen molar-refractivity contribution < 1.29 is 9.84 Å². The topological polar surface area (TPSA) is 59.6 Å². The third kappa shape index (κ3) is 4.11. The van der Waals surface area contributed by atoms with Gasteiger partial charge < -0.3 is 9.84 Å². The molecule has 1 N–H and O–H groups in total. The smallest absolute Gasteiger partial charge is 0.223 e. The van der Waals surface area contributed by atoms with Crippen molar-refractivity contribution in [3.05, 3.63) is 59.4 Å². The van der Waals surface area contributed by atoms with Gasteiger partial charge in [-0.05, 0) is 35.8 Å². The normalized spacial score (nSPS) is 11.2. The number of halogens is 1. The van der Waals surface area contributed by atoms with Gasteiger partial charge in [0.1, 0.15) is 5.75 Å². The second-order valence-corrected chi connectivity index (χ2v) is 5.69. The molecule has 1 aromatic heterocycles. The summed E-state index contributed by atoms with van der Waals surface area (Å²) in [5.41, 5.74) is 2.01. The summed E-state index contributed by atoms with van der Waals surface area (Å²) in [4.78, 5) is 9.56. The predicted molar refractivity (Wildman–Crippen MR) is 101 cm³/mol. The number of aromatic nitrogens is 2. The van der Waals surface area contributed by atoms with E-state index in [0.29, 0.717) is 11.3 Å². The van der Waals surface area contributed by atoms with Crippen LogP contribution in [0.4, 0.5) is 0 Å². The van der Waals surface area contributed by atoms with Crippen LogP contribution < -0.4 is 9.54 Å². The van der Waals surface area contributed by atoms with E-state index >= 15 is 0 Å². The van der Waals surface area contributed by atoms with Crippen LogP contribution in [0.5, 0.6) is 5.75 Å². The van der Waals surface area contributed by atoms with Gasteiger partial charge in [0.15, 0.2) is 5.82 Å². The van der Waals surface area contributed by atoms with Crippen LogP contribution in [0.2, 0.25) is 0 Å².